The number of aryl methyl sites for hydroxylation is 1. The lowest BCUT2D eigenvalue weighted by Gasteiger charge is -2.09. The molecular weight excluding hydrogens is 368 g/mol. The second-order valence-corrected chi connectivity index (χ2v) is 6.50. The number of hydrogen-bond donors (Lipinski definition) is 3. The molecule has 29 heavy (non-hydrogen) atoms. The molecule has 2 amide bonds. The van der Waals surface area contributed by atoms with Gasteiger partial charge >= 0.3 is 0 Å². The molecule has 3 rings (SSSR count). The molecule has 3 N–H and O–H groups in total. The summed E-state index contributed by atoms with van der Waals surface area (Å²) in [5.41, 5.74) is 5.56. The van der Waals surface area contributed by atoms with Crippen molar-refractivity contribution in [3.05, 3.63) is 83.9 Å². The molecule has 0 aromatic heterocycles. The largest absolute Gasteiger partial charge is 0.497 e. The van der Waals surface area contributed by atoms with Gasteiger partial charge in [0.05, 0.1) is 7.11 Å². The topological polar surface area (TPSA) is 87.7 Å². The molecule has 0 unspecified atom stereocenters. The highest BCUT2D eigenvalue weighted by atomic mass is 16.5. The first-order chi connectivity index (χ1) is 14.1. The van der Waals surface area contributed by atoms with Gasteiger partial charge in [-0.25, -0.2) is 5.48 Å². The van der Waals surface area contributed by atoms with Crippen LogP contribution in [0.5, 0.6) is 5.75 Å². The monoisotopic (exact) mass is 390 g/mol. The Morgan fingerprint density at radius 1 is 0.931 bits per heavy atom. The minimum atomic E-state index is -0.561. The Bertz CT molecular complexity index is 983. The fourth-order valence-corrected chi connectivity index (χ4v) is 2.93. The Hall–Kier alpha value is -3.64. The van der Waals surface area contributed by atoms with Gasteiger partial charge in [0.25, 0.3) is 5.91 Å². The van der Waals surface area contributed by atoms with Crippen molar-refractivity contribution in [2.75, 3.05) is 12.4 Å². The number of anilines is 1. The summed E-state index contributed by atoms with van der Waals surface area (Å²) in [4.78, 5) is 23.7. The fraction of sp³-hybridized carbons (Fsp3) is 0.130. The number of ether oxygens (including phenoxy) is 1. The molecule has 0 fully saturated rings. The van der Waals surface area contributed by atoms with E-state index in [4.69, 9.17) is 9.94 Å². The highest BCUT2D eigenvalue weighted by Crippen LogP contribution is 2.23. The van der Waals surface area contributed by atoms with E-state index < -0.39 is 5.91 Å². The minimum absolute atomic E-state index is 0.0621. The molecule has 0 atom stereocenters. The predicted molar refractivity (Wildman–Crippen MR) is 111 cm³/mol. The number of methoxy groups -OCH3 is 1. The van der Waals surface area contributed by atoms with Crippen molar-refractivity contribution in [3.63, 3.8) is 0 Å². The van der Waals surface area contributed by atoms with Crippen molar-refractivity contribution < 1.29 is 19.5 Å². The molecular formula is C23H22N2O4. The summed E-state index contributed by atoms with van der Waals surface area (Å²) in [5, 5.41) is 11.6. The number of rotatable bonds is 7. The first kappa shape index (κ1) is 20.1. The smallest absolute Gasteiger partial charge is 0.274 e. The first-order valence-corrected chi connectivity index (χ1v) is 9.17. The Morgan fingerprint density at radius 2 is 1.66 bits per heavy atom. The average Bonchev–Trinajstić information content (AvgIpc) is 2.78. The van der Waals surface area contributed by atoms with Crippen molar-refractivity contribution in [1.82, 2.24) is 5.48 Å². The zero-order chi connectivity index (χ0) is 20.6. The molecule has 3 aromatic rings. The number of benzene rings is 3. The summed E-state index contributed by atoms with van der Waals surface area (Å²) >= 11 is 0. The minimum Gasteiger partial charge on any atom is -0.497 e. The molecule has 0 aliphatic heterocycles. The van der Waals surface area contributed by atoms with Crippen LogP contribution in [0.3, 0.4) is 0 Å². The lowest BCUT2D eigenvalue weighted by atomic mass is 10.0. The van der Waals surface area contributed by atoms with Crippen LogP contribution in [0, 0.1) is 0 Å². The number of carbonyl (C=O) groups excluding carboxylic acids is 2. The van der Waals surface area contributed by atoms with Crippen molar-refractivity contribution in [3.8, 4) is 16.9 Å². The standard InChI is InChI=1S/C23H22N2O4/c1-29-21-12-5-16(6-13-21)7-14-22(26)24-20-4-2-3-19(15-20)17-8-10-18(11-9-17)23(27)25-28/h2-6,8-13,15,28H,7,14H2,1H3,(H,24,26)(H,25,27). The molecule has 0 saturated heterocycles. The molecule has 6 heteroatoms. The van der Waals surface area contributed by atoms with E-state index in [1.807, 2.05) is 48.5 Å². The molecule has 3 aromatic carbocycles. The highest BCUT2D eigenvalue weighted by molar-refractivity contribution is 5.94. The van der Waals surface area contributed by atoms with Gasteiger partial charge in [0, 0.05) is 17.7 Å². The second-order valence-electron chi connectivity index (χ2n) is 6.50. The van der Waals surface area contributed by atoms with Crippen LogP contribution >= 0.6 is 0 Å². The molecule has 0 heterocycles. The summed E-state index contributed by atoms with van der Waals surface area (Å²) < 4.78 is 5.14. The van der Waals surface area contributed by atoms with E-state index in [0.29, 0.717) is 24.1 Å². The SMILES string of the molecule is COc1ccc(CCC(=O)Nc2cccc(-c3ccc(C(=O)NO)cc3)c2)cc1. The van der Waals surface area contributed by atoms with Gasteiger partial charge in [0.1, 0.15) is 5.75 Å². The first-order valence-electron chi connectivity index (χ1n) is 9.17. The molecule has 0 bridgehead atoms. The van der Waals surface area contributed by atoms with E-state index >= 15 is 0 Å². The molecule has 0 spiro atoms. The molecule has 0 saturated carbocycles. The molecule has 0 aliphatic rings. The molecule has 0 aliphatic carbocycles. The Kier molecular flexibility index (Phi) is 6.60. The predicted octanol–water partition coefficient (Wildman–Crippen LogP) is 4.05. The third-order valence-electron chi connectivity index (χ3n) is 4.53. The number of hydroxylamine groups is 1. The van der Waals surface area contributed by atoms with Crippen LogP contribution in [0.25, 0.3) is 11.1 Å². The zero-order valence-corrected chi connectivity index (χ0v) is 16.0. The zero-order valence-electron chi connectivity index (χ0n) is 16.0. The summed E-state index contributed by atoms with van der Waals surface area (Å²) in [5.74, 6) is 0.169. The van der Waals surface area contributed by atoms with Crippen molar-refractivity contribution in [2.24, 2.45) is 0 Å². The third kappa shape index (κ3) is 5.43. The van der Waals surface area contributed by atoms with Crippen LogP contribution in [0.4, 0.5) is 5.69 Å². The number of carbonyl (C=O) groups is 2. The molecule has 6 nitrogen and oxygen atoms in total. The number of amides is 2. The quantitative estimate of drug-likeness (QED) is 0.419. The summed E-state index contributed by atoms with van der Waals surface area (Å²) in [6.07, 6.45) is 1.02. The van der Waals surface area contributed by atoms with Gasteiger partial charge in [-0.15, -0.1) is 0 Å². The van der Waals surface area contributed by atoms with E-state index in [2.05, 4.69) is 5.32 Å². The lowest BCUT2D eigenvalue weighted by molar-refractivity contribution is -0.116. The fourth-order valence-electron chi connectivity index (χ4n) is 2.93. The number of nitrogens with one attached hydrogen (secondary N) is 2. The maximum absolute atomic E-state index is 12.3. The van der Waals surface area contributed by atoms with Crippen LogP contribution in [0.15, 0.2) is 72.8 Å². The maximum Gasteiger partial charge on any atom is 0.274 e. The van der Waals surface area contributed by atoms with Crippen molar-refractivity contribution >= 4 is 17.5 Å². The van der Waals surface area contributed by atoms with E-state index in [0.717, 1.165) is 22.4 Å². The van der Waals surface area contributed by atoms with Crippen molar-refractivity contribution in [2.45, 2.75) is 12.8 Å². The lowest BCUT2D eigenvalue weighted by Crippen LogP contribution is -2.18. The third-order valence-corrected chi connectivity index (χ3v) is 4.53. The highest BCUT2D eigenvalue weighted by Gasteiger charge is 2.07. The average molecular weight is 390 g/mol. The van der Waals surface area contributed by atoms with E-state index in [1.54, 1.807) is 36.9 Å². The van der Waals surface area contributed by atoms with E-state index in [-0.39, 0.29) is 5.91 Å². The van der Waals surface area contributed by atoms with Gasteiger partial charge in [-0.1, -0.05) is 36.4 Å². The second kappa shape index (κ2) is 9.52. The van der Waals surface area contributed by atoms with Crippen LogP contribution in [0.2, 0.25) is 0 Å². The maximum atomic E-state index is 12.3. The van der Waals surface area contributed by atoms with Gasteiger partial charge in [-0.3, -0.25) is 14.8 Å². The molecule has 0 radical (unpaired) electrons. The Balaban J connectivity index is 1.61. The summed E-state index contributed by atoms with van der Waals surface area (Å²) in [7, 11) is 1.62. The van der Waals surface area contributed by atoms with E-state index in [9.17, 15) is 9.59 Å². The Labute approximate surface area is 169 Å². The van der Waals surface area contributed by atoms with Gasteiger partial charge in [0.2, 0.25) is 5.91 Å². The van der Waals surface area contributed by atoms with E-state index in [1.165, 1.54) is 0 Å². The van der Waals surface area contributed by atoms with Crippen LogP contribution in [-0.4, -0.2) is 24.1 Å². The van der Waals surface area contributed by atoms with Crippen LogP contribution < -0.4 is 15.5 Å². The normalized spacial score (nSPS) is 10.3. The van der Waals surface area contributed by atoms with Gasteiger partial charge in [-0.05, 0) is 59.5 Å². The summed E-state index contributed by atoms with van der Waals surface area (Å²) in [6, 6.07) is 22.0. The van der Waals surface area contributed by atoms with Gasteiger partial charge < -0.3 is 10.1 Å². The Morgan fingerprint density at radius 3 is 2.31 bits per heavy atom. The molecule has 148 valence electrons. The van der Waals surface area contributed by atoms with Gasteiger partial charge in [-0.2, -0.15) is 0 Å². The van der Waals surface area contributed by atoms with Crippen LogP contribution in [-0.2, 0) is 11.2 Å². The summed E-state index contributed by atoms with van der Waals surface area (Å²) in [6.45, 7) is 0. The van der Waals surface area contributed by atoms with Crippen LogP contribution in [0.1, 0.15) is 22.3 Å². The number of hydrogen-bond acceptors (Lipinski definition) is 4. The van der Waals surface area contributed by atoms with Crippen molar-refractivity contribution in [1.29, 1.82) is 0 Å². The van der Waals surface area contributed by atoms with Gasteiger partial charge in [0.15, 0.2) is 0 Å².